The highest BCUT2D eigenvalue weighted by atomic mass is 16.6. The van der Waals surface area contributed by atoms with Crippen molar-refractivity contribution in [1.82, 2.24) is 0 Å². The molecule has 0 spiro atoms. The fraction of sp³-hybridized carbons (Fsp3) is 0.304. The molecule has 0 aromatic heterocycles. The molecule has 0 aliphatic carbocycles. The van der Waals surface area contributed by atoms with Crippen LogP contribution in [-0.2, 0) is 66.2 Å². The molecule has 5 aromatic carbocycles. The summed E-state index contributed by atoms with van der Waals surface area (Å²) in [4.78, 5) is 0. The molecule has 0 saturated carbocycles. The Hall–Kier alpha value is -4.60. The minimum atomic E-state index is -0.539. The molecule has 0 N–H and O–H groups in total. The first kappa shape index (κ1) is 36.7. The van der Waals surface area contributed by atoms with E-state index in [4.69, 9.17) is 33.2 Å². The lowest BCUT2D eigenvalue weighted by atomic mass is 9.95. The summed E-state index contributed by atoms with van der Waals surface area (Å²) in [6.45, 7) is 2.90. The van der Waals surface area contributed by atoms with Crippen LogP contribution in [0.1, 0.15) is 34.2 Å². The van der Waals surface area contributed by atoms with E-state index in [9.17, 15) is 0 Å². The molecular weight excluding hydrogens is 664 g/mol. The highest BCUT2D eigenvalue weighted by molar-refractivity contribution is 5.20. The highest BCUT2D eigenvalue weighted by Crippen LogP contribution is 2.34. The summed E-state index contributed by atoms with van der Waals surface area (Å²) in [6, 6.07) is 50.9. The molecular formula is C46H48O7. The predicted molar refractivity (Wildman–Crippen MR) is 203 cm³/mol. The maximum Gasteiger partial charge on any atom is 0.150 e. The molecule has 5 aromatic rings. The molecule has 2 aliphatic heterocycles. The number of hydrogen-bond acceptors (Lipinski definition) is 7. The second-order valence-electron chi connectivity index (χ2n) is 13.4. The van der Waals surface area contributed by atoms with Crippen molar-refractivity contribution in [2.45, 2.75) is 76.1 Å². The zero-order valence-electron chi connectivity index (χ0n) is 30.0. The lowest BCUT2D eigenvalue weighted by Gasteiger charge is -2.43. The molecule has 0 amide bonds. The van der Waals surface area contributed by atoms with E-state index in [1.807, 2.05) is 97.1 Å². The average molecular weight is 713 g/mol. The smallest absolute Gasteiger partial charge is 0.150 e. The number of rotatable bonds is 17. The summed E-state index contributed by atoms with van der Waals surface area (Å²) < 4.78 is 46.6. The summed E-state index contributed by atoms with van der Waals surface area (Å²) in [6.07, 6.45) is 0.0843. The topological polar surface area (TPSA) is 64.6 Å². The summed E-state index contributed by atoms with van der Waals surface area (Å²) in [5.74, 6) is 0.641. The van der Waals surface area contributed by atoms with Crippen molar-refractivity contribution in [3.8, 4) is 0 Å². The van der Waals surface area contributed by atoms with Gasteiger partial charge in [0.15, 0.2) is 6.10 Å². The monoisotopic (exact) mass is 712 g/mol. The normalized spacial score (nSPS) is 22.8. The minimum Gasteiger partial charge on any atom is -0.487 e. The Morgan fingerprint density at radius 2 is 0.906 bits per heavy atom. The lowest BCUT2D eigenvalue weighted by molar-refractivity contribution is -0.202. The van der Waals surface area contributed by atoms with Gasteiger partial charge in [-0.2, -0.15) is 0 Å². The summed E-state index contributed by atoms with van der Waals surface area (Å²) in [7, 11) is 0. The number of hydrogen-bond donors (Lipinski definition) is 0. The molecule has 53 heavy (non-hydrogen) atoms. The van der Waals surface area contributed by atoms with Gasteiger partial charge in [0, 0.05) is 0 Å². The van der Waals surface area contributed by atoms with Crippen molar-refractivity contribution >= 4 is 0 Å². The van der Waals surface area contributed by atoms with E-state index in [0.717, 1.165) is 27.8 Å². The fourth-order valence-corrected chi connectivity index (χ4v) is 6.71. The van der Waals surface area contributed by atoms with Crippen molar-refractivity contribution in [3.63, 3.8) is 0 Å². The second kappa shape index (κ2) is 19.5. The molecule has 2 heterocycles. The highest BCUT2D eigenvalue weighted by Gasteiger charge is 2.45. The molecule has 2 unspecified atom stereocenters. The summed E-state index contributed by atoms with van der Waals surface area (Å²) in [5.41, 5.74) is 5.40. The van der Waals surface area contributed by atoms with Crippen molar-refractivity contribution in [2.24, 2.45) is 0 Å². The van der Waals surface area contributed by atoms with Crippen LogP contribution in [0.25, 0.3) is 0 Å². The van der Waals surface area contributed by atoms with Gasteiger partial charge in [-0.25, -0.2) is 0 Å². The van der Waals surface area contributed by atoms with Crippen LogP contribution in [0.4, 0.5) is 0 Å². The first-order valence-electron chi connectivity index (χ1n) is 18.5. The zero-order valence-corrected chi connectivity index (χ0v) is 30.0. The maximum absolute atomic E-state index is 6.91. The zero-order chi connectivity index (χ0) is 35.9. The average Bonchev–Trinajstić information content (AvgIpc) is 3.23. The van der Waals surface area contributed by atoms with Crippen LogP contribution in [0, 0.1) is 0 Å². The van der Waals surface area contributed by atoms with Crippen LogP contribution in [-0.4, -0.2) is 49.8 Å². The number of benzene rings is 5. The Morgan fingerprint density at radius 3 is 1.42 bits per heavy atom. The van der Waals surface area contributed by atoms with E-state index in [1.165, 1.54) is 0 Å². The standard InChI is InChI=1S/C46H48O7/c1-6-16-35(17-7-1)29-47-34-43-44(51-32-38-22-12-4-13-23-38)41(50-31-37-20-10-3-11-21-37)28-42(53-43)46-45(52-33-39-24-14-5-15-25-39)40(26-27-48-46)49-30-36-18-8-2-9-19-36/h1-25,28,40-41,43-46H,26-27,29-34H2/t40-,41?,43?,44+,45+,46-/m1/s1. The van der Waals surface area contributed by atoms with Gasteiger partial charge in [0.2, 0.25) is 0 Å². The van der Waals surface area contributed by atoms with Crippen molar-refractivity contribution in [1.29, 1.82) is 0 Å². The van der Waals surface area contributed by atoms with Gasteiger partial charge in [-0.3, -0.25) is 0 Å². The van der Waals surface area contributed by atoms with Crippen LogP contribution >= 0.6 is 0 Å². The first-order chi connectivity index (χ1) is 26.3. The maximum atomic E-state index is 6.91. The van der Waals surface area contributed by atoms with E-state index in [2.05, 4.69) is 60.7 Å². The SMILES string of the molecule is C1=C([C@H]2OCC[C@@H](OCc3ccccc3)[C@@H]2OCc2ccccc2)OC(COCc2ccccc2)[C@@H](OCc2ccccc2)C1OCc1ccccc1. The van der Waals surface area contributed by atoms with Gasteiger partial charge in [0.25, 0.3) is 0 Å². The Labute approximate surface area is 313 Å². The fourth-order valence-electron chi connectivity index (χ4n) is 6.71. The third-order valence-corrected chi connectivity index (χ3v) is 9.51. The van der Waals surface area contributed by atoms with Gasteiger partial charge in [-0.1, -0.05) is 152 Å². The molecule has 0 bridgehead atoms. The molecule has 0 radical (unpaired) electrons. The van der Waals surface area contributed by atoms with E-state index in [0.29, 0.717) is 51.8 Å². The molecule has 6 atom stereocenters. The quantitative estimate of drug-likeness (QED) is 0.0957. The van der Waals surface area contributed by atoms with Crippen molar-refractivity contribution < 1.29 is 33.2 Å². The largest absolute Gasteiger partial charge is 0.487 e. The molecule has 7 heteroatoms. The van der Waals surface area contributed by atoms with Crippen molar-refractivity contribution in [2.75, 3.05) is 13.2 Å². The third kappa shape index (κ3) is 10.7. The Balaban J connectivity index is 1.17. The Morgan fingerprint density at radius 1 is 0.472 bits per heavy atom. The molecule has 2 aliphatic rings. The summed E-state index contributed by atoms with van der Waals surface area (Å²) >= 11 is 0. The first-order valence-corrected chi connectivity index (χ1v) is 18.5. The molecule has 1 fully saturated rings. The number of ether oxygens (including phenoxy) is 7. The predicted octanol–water partition coefficient (Wildman–Crippen LogP) is 8.62. The lowest BCUT2D eigenvalue weighted by Crippen LogP contribution is -2.53. The van der Waals surface area contributed by atoms with Crippen LogP contribution in [0.5, 0.6) is 0 Å². The van der Waals surface area contributed by atoms with Gasteiger partial charge in [-0.05, 0) is 40.3 Å². The Bertz CT molecular complexity index is 1790. The minimum absolute atomic E-state index is 0.231. The van der Waals surface area contributed by atoms with Gasteiger partial charge in [-0.15, -0.1) is 0 Å². The van der Waals surface area contributed by atoms with Crippen molar-refractivity contribution in [3.05, 3.63) is 191 Å². The third-order valence-electron chi connectivity index (χ3n) is 9.51. The van der Waals surface area contributed by atoms with Gasteiger partial charge in [0.05, 0.1) is 52.4 Å². The van der Waals surface area contributed by atoms with E-state index >= 15 is 0 Å². The van der Waals surface area contributed by atoms with E-state index in [1.54, 1.807) is 0 Å². The Kier molecular flexibility index (Phi) is 13.5. The van der Waals surface area contributed by atoms with Gasteiger partial charge in [0.1, 0.15) is 30.2 Å². The molecule has 1 saturated heterocycles. The van der Waals surface area contributed by atoms with Crippen LogP contribution in [0.15, 0.2) is 163 Å². The van der Waals surface area contributed by atoms with Crippen LogP contribution in [0.2, 0.25) is 0 Å². The molecule has 274 valence electrons. The second-order valence-corrected chi connectivity index (χ2v) is 13.4. The van der Waals surface area contributed by atoms with E-state index in [-0.39, 0.29) is 12.7 Å². The summed E-state index contributed by atoms with van der Waals surface area (Å²) in [5, 5.41) is 0. The van der Waals surface area contributed by atoms with Gasteiger partial charge < -0.3 is 33.2 Å². The molecule has 7 nitrogen and oxygen atoms in total. The van der Waals surface area contributed by atoms with E-state index < -0.39 is 30.5 Å². The van der Waals surface area contributed by atoms with Crippen LogP contribution in [0.3, 0.4) is 0 Å². The molecule has 7 rings (SSSR count). The van der Waals surface area contributed by atoms with Gasteiger partial charge >= 0.3 is 0 Å². The van der Waals surface area contributed by atoms with Crippen LogP contribution < -0.4 is 0 Å².